The molecule has 1 aromatic rings. The van der Waals surface area contributed by atoms with Crippen LogP contribution in [0.2, 0.25) is 0 Å². The predicted molar refractivity (Wildman–Crippen MR) is 59.7 cm³/mol. The molecule has 1 aliphatic rings. The molecule has 0 radical (unpaired) electrons. The number of carbonyl (C=O) groups excluding carboxylic acids is 2. The largest absolute Gasteiger partial charge is 0.426 e. The van der Waals surface area contributed by atoms with Gasteiger partial charge in [0.15, 0.2) is 0 Å². The van der Waals surface area contributed by atoms with Gasteiger partial charge in [0.2, 0.25) is 5.91 Å². The molecule has 0 spiro atoms. The fourth-order valence-corrected chi connectivity index (χ4v) is 1.82. The maximum atomic E-state index is 12.8. The first kappa shape index (κ1) is 13.4. The van der Waals surface area contributed by atoms with Crippen molar-refractivity contribution in [1.29, 1.82) is 0 Å². The average Bonchev–Trinajstić information content (AvgIpc) is 2.69. The van der Waals surface area contributed by atoms with Gasteiger partial charge >= 0.3 is 12.1 Å². The molecule has 0 saturated heterocycles. The van der Waals surface area contributed by atoms with E-state index in [1.807, 2.05) is 0 Å². The minimum absolute atomic E-state index is 0.00630. The summed E-state index contributed by atoms with van der Waals surface area (Å²) in [5, 5.41) is 2.15. The Labute approximate surface area is 106 Å². The third-order valence-electron chi connectivity index (χ3n) is 2.69. The van der Waals surface area contributed by atoms with Crippen molar-refractivity contribution in [2.24, 2.45) is 0 Å². The second-order valence-electron chi connectivity index (χ2n) is 4.02. The number of halogens is 3. The standard InChI is InChI=1S/C12H10F3NO3/c1-2-10(18)19-8-4-3-7(12(13,14)15)11-6(8)5-9(17)16-11/h3-4H,2,5H2,1H3,(H,16,17). The Morgan fingerprint density at radius 3 is 2.68 bits per heavy atom. The van der Waals surface area contributed by atoms with Crippen LogP contribution in [-0.4, -0.2) is 11.9 Å². The molecule has 0 aromatic heterocycles. The first-order chi connectivity index (χ1) is 8.82. The van der Waals surface area contributed by atoms with E-state index in [1.165, 1.54) is 0 Å². The molecule has 1 aromatic carbocycles. The third kappa shape index (κ3) is 2.54. The van der Waals surface area contributed by atoms with Crippen LogP contribution in [-0.2, 0) is 22.2 Å². The van der Waals surface area contributed by atoms with E-state index in [9.17, 15) is 22.8 Å². The number of alkyl halides is 3. The summed E-state index contributed by atoms with van der Waals surface area (Å²) >= 11 is 0. The van der Waals surface area contributed by atoms with E-state index < -0.39 is 23.6 Å². The summed E-state index contributed by atoms with van der Waals surface area (Å²) in [7, 11) is 0. The quantitative estimate of drug-likeness (QED) is 0.665. The number of amides is 1. The molecule has 0 bridgehead atoms. The summed E-state index contributed by atoms with van der Waals surface area (Å²) in [6.45, 7) is 1.57. The number of benzene rings is 1. The SMILES string of the molecule is CCC(=O)Oc1ccc(C(F)(F)F)c2c1CC(=O)N2. The van der Waals surface area contributed by atoms with Crippen LogP contribution in [0.1, 0.15) is 24.5 Å². The van der Waals surface area contributed by atoms with E-state index >= 15 is 0 Å². The molecule has 7 heteroatoms. The van der Waals surface area contributed by atoms with Crippen LogP contribution < -0.4 is 10.1 Å². The summed E-state index contributed by atoms with van der Waals surface area (Å²) < 4.78 is 43.2. The Morgan fingerprint density at radius 1 is 1.42 bits per heavy atom. The third-order valence-corrected chi connectivity index (χ3v) is 2.69. The molecule has 4 nitrogen and oxygen atoms in total. The molecule has 19 heavy (non-hydrogen) atoms. The number of esters is 1. The fourth-order valence-electron chi connectivity index (χ4n) is 1.82. The van der Waals surface area contributed by atoms with E-state index in [4.69, 9.17) is 4.74 Å². The van der Waals surface area contributed by atoms with Crippen LogP contribution in [0.4, 0.5) is 18.9 Å². The highest BCUT2D eigenvalue weighted by Crippen LogP contribution is 2.42. The van der Waals surface area contributed by atoms with Crippen LogP contribution in [0.5, 0.6) is 5.75 Å². The van der Waals surface area contributed by atoms with Gasteiger partial charge in [-0.3, -0.25) is 9.59 Å². The van der Waals surface area contributed by atoms with E-state index in [0.29, 0.717) is 0 Å². The molecule has 0 unspecified atom stereocenters. The Kier molecular flexibility index (Phi) is 3.21. The molecule has 1 aliphatic heterocycles. The number of fused-ring (bicyclic) bond motifs is 1. The van der Waals surface area contributed by atoms with Crippen molar-refractivity contribution >= 4 is 17.6 Å². The molecule has 1 N–H and O–H groups in total. The maximum absolute atomic E-state index is 12.8. The molecule has 102 valence electrons. The Balaban J connectivity index is 2.49. The number of hydrogen-bond acceptors (Lipinski definition) is 3. The van der Waals surface area contributed by atoms with Crippen molar-refractivity contribution in [3.05, 3.63) is 23.3 Å². The number of rotatable bonds is 2. The van der Waals surface area contributed by atoms with Crippen LogP contribution in [0.15, 0.2) is 12.1 Å². The predicted octanol–water partition coefficient (Wildman–Crippen LogP) is 2.52. The number of anilines is 1. The van der Waals surface area contributed by atoms with Crippen molar-refractivity contribution in [1.82, 2.24) is 0 Å². The van der Waals surface area contributed by atoms with Crippen molar-refractivity contribution in [2.75, 3.05) is 5.32 Å². The zero-order chi connectivity index (χ0) is 14.2. The second kappa shape index (κ2) is 4.56. The minimum atomic E-state index is -4.57. The second-order valence-corrected chi connectivity index (χ2v) is 4.02. The lowest BCUT2D eigenvalue weighted by atomic mass is 10.1. The lowest BCUT2D eigenvalue weighted by Crippen LogP contribution is -2.11. The van der Waals surface area contributed by atoms with Crippen LogP contribution >= 0.6 is 0 Å². The fraction of sp³-hybridized carbons (Fsp3) is 0.333. The van der Waals surface area contributed by atoms with E-state index in [2.05, 4.69) is 5.32 Å². The van der Waals surface area contributed by atoms with Gasteiger partial charge in [-0.15, -0.1) is 0 Å². The highest BCUT2D eigenvalue weighted by Gasteiger charge is 2.38. The lowest BCUT2D eigenvalue weighted by molar-refractivity contribution is -0.136. The summed E-state index contributed by atoms with van der Waals surface area (Å²) in [6.07, 6.45) is -4.71. The Morgan fingerprint density at radius 2 is 2.11 bits per heavy atom. The molecule has 0 atom stereocenters. The van der Waals surface area contributed by atoms with Crippen LogP contribution in [0.3, 0.4) is 0 Å². The van der Waals surface area contributed by atoms with Crippen molar-refractivity contribution in [3.8, 4) is 5.75 Å². The van der Waals surface area contributed by atoms with Crippen molar-refractivity contribution < 1.29 is 27.5 Å². The van der Waals surface area contributed by atoms with Gasteiger partial charge < -0.3 is 10.1 Å². The van der Waals surface area contributed by atoms with Crippen molar-refractivity contribution in [2.45, 2.75) is 25.9 Å². The molecule has 0 fully saturated rings. The number of ether oxygens (including phenoxy) is 1. The molecular formula is C12H10F3NO3. The summed E-state index contributed by atoms with van der Waals surface area (Å²) in [4.78, 5) is 22.5. The van der Waals surface area contributed by atoms with Gasteiger partial charge in [-0.2, -0.15) is 13.2 Å². The van der Waals surface area contributed by atoms with E-state index in [0.717, 1.165) is 12.1 Å². The van der Waals surface area contributed by atoms with Crippen LogP contribution in [0, 0.1) is 0 Å². The topological polar surface area (TPSA) is 55.4 Å². The minimum Gasteiger partial charge on any atom is -0.426 e. The zero-order valence-corrected chi connectivity index (χ0v) is 9.93. The number of hydrogen-bond donors (Lipinski definition) is 1. The van der Waals surface area contributed by atoms with Gasteiger partial charge in [-0.1, -0.05) is 6.92 Å². The first-order valence-corrected chi connectivity index (χ1v) is 5.56. The maximum Gasteiger partial charge on any atom is 0.418 e. The summed E-state index contributed by atoms with van der Waals surface area (Å²) in [5.74, 6) is -1.13. The van der Waals surface area contributed by atoms with Crippen molar-refractivity contribution in [3.63, 3.8) is 0 Å². The van der Waals surface area contributed by atoms with E-state index in [1.54, 1.807) is 6.92 Å². The molecule has 1 heterocycles. The van der Waals surface area contributed by atoms with Gasteiger partial charge in [0.05, 0.1) is 17.7 Å². The van der Waals surface area contributed by atoms with Gasteiger partial charge in [0.1, 0.15) is 5.75 Å². The van der Waals surface area contributed by atoms with Crippen LogP contribution in [0.25, 0.3) is 0 Å². The molecule has 2 rings (SSSR count). The molecule has 1 amide bonds. The molecular weight excluding hydrogens is 263 g/mol. The summed E-state index contributed by atoms with van der Waals surface area (Å²) in [6, 6.07) is 1.86. The molecule has 0 saturated carbocycles. The number of carbonyl (C=O) groups is 2. The highest BCUT2D eigenvalue weighted by molar-refractivity contribution is 6.01. The lowest BCUT2D eigenvalue weighted by Gasteiger charge is -2.14. The molecule has 0 aliphatic carbocycles. The monoisotopic (exact) mass is 273 g/mol. The number of nitrogens with one attached hydrogen (secondary N) is 1. The van der Waals surface area contributed by atoms with Gasteiger partial charge in [0, 0.05) is 12.0 Å². The zero-order valence-electron chi connectivity index (χ0n) is 9.93. The van der Waals surface area contributed by atoms with E-state index in [-0.39, 0.29) is 29.8 Å². The Hall–Kier alpha value is -2.05. The summed E-state index contributed by atoms with van der Waals surface area (Å²) in [5.41, 5.74) is -1.19. The Bertz CT molecular complexity index is 552. The highest BCUT2D eigenvalue weighted by atomic mass is 19.4. The normalized spacial score (nSPS) is 14.0. The van der Waals surface area contributed by atoms with Gasteiger partial charge in [0.25, 0.3) is 0 Å². The first-order valence-electron chi connectivity index (χ1n) is 5.56. The smallest absolute Gasteiger partial charge is 0.418 e. The van der Waals surface area contributed by atoms with Gasteiger partial charge in [-0.05, 0) is 12.1 Å². The van der Waals surface area contributed by atoms with Gasteiger partial charge in [-0.25, -0.2) is 0 Å². The average molecular weight is 273 g/mol.